The highest BCUT2D eigenvalue weighted by molar-refractivity contribution is 7.89. The quantitative estimate of drug-likeness (QED) is 0.315. The van der Waals surface area contributed by atoms with Crippen LogP contribution in [0.3, 0.4) is 0 Å². The van der Waals surface area contributed by atoms with Gasteiger partial charge in [0.05, 0.1) is 22.6 Å². The number of sulfonamides is 1. The molecule has 1 unspecified atom stereocenters. The topological polar surface area (TPSA) is 70.0 Å². The fourth-order valence-electron chi connectivity index (χ4n) is 3.94. The molecule has 0 saturated carbocycles. The molecule has 0 radical (unpaired) electrons. The van der Waals surface area contributed by atoms with E-state index in [0.717, 1.165) is 22.3 Å². The number of hydrogen-bond donors (Lipinski definition) is 1. The van der Waals surface area contributed by atoms with E-state index in [2.05, 4.69) is 10.8 Å². The van der Waals surface area contributed by atoms with E-state index in [0.29, 0.717) is 16.7 Å². The van der Waals surface area contributed by atoms with E-state index < -0.39 is 16.1 Å². The molecule has 35 heavy (non-hydrogen) atoms. The minimum absolute atomic E-state index is 0.144. The van der Waals surface area contributed by atoms with Crippen LogP contribution < -0.4 is 4.72 Å². The van der Waals surface area contributed by atoms with Gasteiger partial charge < -0.3 is 0 Å². The zero-order chi connectivity index (χ0) is 24.8. The van der Waals surface area contributed by atoms with Gasteiger partial charge in [0.15, 0.2) is 0 Å². The molecule has 0 aliphatic rings. The third-order valence-electron chi connectivity index (χ3n) is 5.82. The highest BCUT2D eigenvalue weighted by Gasteiger charge is 2.28. The first-order valence-electron chi connectivity index (χ1n) is 11.3. The summed E-state index contributed by atoms with van der Waals surface area (Å²) in [5, 5.41) is 10.5. The summed E-state index contributed by atoms with van der Waals surface area (Å²) in [6, 6.07) is 34.7. The van der Waals surface area contributed by atoms with Crippen LogP contribution >= 0.6 is 0 Å². The maximum atomic E-state index is 13.4. The van der Waals surface area contributed by atoms with Gasteiger partial charge in [-0.3, -0.25) is 0 Å². The summed E-state index contributed by atoms with van der Waals surface area (Å²) in [5.74, 6) is 0. The second kappa shape index (κ2) is 10.5. The van der Waals surface area contributed by atoms with Gasteiger partial charge in [-0.05, 0) is 42.7 Å². The molecular formula is C30H26N2O2S. The average Bonchev–Trinajstić information content (AvgIpc) is 2.89. The van der Waals surface area contributed by atoms with Gasteiger partial charge in [0.25, 0.3) is 0 Å². The van der Waals surface area contributed by atoms with Crippen LogP contribution in [-0.2, 0) is 10.0 Å². The Kier molecular flexibility index (Phi) is 7.26. The maximum absolute atomic E-state index is 13.4. The van der Waals surface area contributed by atoms with Gasteiger partial charge in [-0.2, -0.15) is 9.98 Å². The van der Waals surface area contributed by atoms with Crippen molar-refractivity contribution in [1.82, 2.24) is 4.72 Å². The maximum Gasteiger partial charge on any atom is 0.241 e. The van der Waals surface area contributed by atoms with E-state index in [1.165, 1.54) is 0 Å². The van der Waals surface area contributed by atoms with Crippen molar-refractivity contribution >= 4 is 15.6 Å². The predicted molar refractivity (Wildman–Crippen MR) is 140 cm³/mol. The number of rotatable bonds is 7. The van der Waals surface area contributed by atoms with E-state index in [1.807, 2.05) is 92.7 Å². The van der Waals surface area contributed by atoms with Crippen molar-refractivity contribution in [3.05, 3.63) is 143 Å². The number of hydrogen-bond acceptors (Lipinski definition) is 3. The summed E-state index contributed by atoms with van der Waals surface area (Å²) < 4.78 is 29.6. The molecule has 0 fully saturated rings. The van der Waals surface area contributed by atoms with Crippen LogP contribution in [0.25, 0.3) is 5.57 Å². The van der Waals surface area contributed by atoms with Gasteiger partial charge in [-0.25, -0.2) is 8.42 Å². The number of nitrogens with zero attached hydrogens (tertiary/aromatic N) is 1. The molecule has 4 aromatic carbocycles. The lowest BCUT2D eigenvalue weighted by atomic mass is 9.87. The fourth-order valence-corrected chi connectivity index (χ4v) is 5.16. The van der Waals surface area contributed by atoms with Crippen LogP contribution in [0.1, 0.15) is 33.9 Å². The molecule has 1 atom stereocenters. The van der Waals surface area contributed by atoms with E-state index in [9.17, 15) is 13.7 Å². The third-order valence-corrected chi connectivity index (χ3v) is 7.26. The molecule has 4 nitrogen and oxygen atoms in total. The molecule has 0 heterocycles. The average molecular weight is 479 g/mol. The SMILES string of the molecule is Cc1ccc(C(=C(C#N)C(NS(=O)(=O)c2ccccc2)c2ccccc2)c2ccc(C)cc2)cc1. The molecule has 0 aliphatic heterocycles. The minimum Gasteiger partial charge on any atom is -0.207 e. The van der Waals surface area contributed by atoms with Gasteiger partial charge in [0, 0.05) is 5.57 Å². The molecule has 0 saturated heterocycles. The standard InChI is InChI=1S/C30H26N2O2S/c1-22-13-17-24(18-14-22)29(25-19-15-23(2)16-20-25)28(21-31)30(26-9-5-3-6-10-26)32-35(33,34)27-11-7-4-8-12-27/h3-20,30,32H,1-2H3. The van der Waals surface area contributed by atoms with E-state index in [1.54, 1.807) is 30.3 Å². The van der Waals surface area contributed by atoms with Crippen molar-refractivity contribution in [2.24, 2.45) is 0 Å². The number of nitriles is 1. The summed E-state index contributed by atoms with van der Waals surface area (Å²) in [6.07, 6.45) is 0. The van der Waals surface area contributed by atoms with Crippen molar-refractivity contribution in [2.45, 2.75) is 24.8 Å². The summed E-state index contributed by atoms with van der Waals surface area (Å²) in [5.41, 5.74) is 5.58. The lowest BCUT2D eigenvalue weighted by molar-refractivity contribution is 0.572. The van der Waals surface area contributed by atoms with Gasteiger partial charge in [-0.15, -0.1) is 0 Å². The van der Waals surface area contributed by atoms with Gasteiger partial charge in [-0.1, -0.05) is 108 Å². The number of aryl methyl sites for hydroxylation is 2. The molecule has 0 spiro atoms. The van der Waals surface area contributed by atoms with Crippen molar-refractivity contribution in [3.63, 3.8) is 0 Å². The van der Waals surface area contributed by atoms with Crippen LogP contribution in [0.5, 0.6) is 0 Å². The third kappa shape index (κ3) is 5.58. The Morgan fingerprint density at radius 3 is 1.63 bits per heavy atom. The molecule has 0 aliphatic carbocycles. The highest BCUT2D eigenvalue weighted by atomic mass is 32.2. The molecular weight excluding hydrogens is 452 g/mol. The lowest BCUT2D eigenvalue weighted by Gasteiger charge is -2.22. The minimum atomic E-state index is -3.91. The number of nitrogens with one attached hydrogen (secondary N) is 1. The van der Waals surface area contributed by atoms with Crippen LogP contribution in [-0.4, -0.2) is 8.42 Å². The first kappa shape index (κ1) is 24.2. The fraction of sp³-hybridized carbons (Fsp3) is 0.100. The zero-order valence-corrected chi connectivity index (χ0v) is 20.5. The molecule has 0 amide bonds. The predicted octanol–water partition coefficient (Wildman–Crippen LogP) is 6.35. The summed E-state index contributed by atoms with van der Waals surface area (Å²) in [7, 11) is -3.91. The van der Waals surface area contributed by atoms with E-state index in [4.69, 9.17) is 0 Å². The monoisotopic (exact) mass is 478 g/mol. The smallest absolute Gasteiger partial charge is 0.207 e. The molecule has 0 aromatic heterocycles. The van der Waals surface area contributed by atoms with Gasteiger partial charge >= 0.3 is 0 Å². The Balaban J connectivity index is 1.97. The van der Waals surface area contributed by atoms with E-state index in [-0.39, 0.29) is 4.90 Å². The van der Waals surface area contributed by atoms with Crippen LogP contribution in [0.2, 0.25) is 0 Å². The molecule has 5 heteroatoms. The van der Waals surface area contributed by atoms with Crippen molar-refractivity contribution in [3.8, 4) is 6.07 Å². The molecule has 4 aromatic rings. The molecule has 1 N–H and O–H groups in total. The largest absolute Gasteiger partial charge is 0.241 e. The normalized spacial score (nSPS) is 11.9. The highest BCUT2D eigenvalue weighted by Crippen LogP contribution is 2.35. The van der Waals surface area contributed by atoms with Crippen molar-refractivity contribution in [2.75, 3.05) is 0 Å². The number of benzene rings is 4. The summed E-state index contributed by atoms with van der Waals surface area (Å²) >= 11 is 0. The van der Waals surface area contributed by atoms with Crippen molar-refractivity contribution in [1.29, 1.82) is 5.26 Å². The van der Waals surface area contributed by atoms with Gasteiger partial charge in [0.2, 0.25) is 10.0 Å². The molecule has 4 rings (SSSR count). The van der Waals surface area contributed by atoms with Crippen LogP contribution in [0, 0.1) is 25.2 Å². The second-order valence-corrected chi connectivity index (χ2v) is 10.1. The van der Waals surface area contributed by atoms with Gasteiger partial charge in [0.1, 0.15) is 0 Å². The zero-order valence-electron chi connectivity index (χ0n) is 19.6. The first-order valence-corrected chi connectivity index (χ1v) is 12.8. The van der Waals surface area contributed by atoms with E-state index >= 15 is 0 Å². The van der Waals surface area contributed by atoms with Crippen LogP contribution in [0.15, 0.2) is 120 Å². The second-order valence-electron chi connectivity index (χ2n) is 8.41. The molecule has 0 bridgehead atoms. The Morgan fingerprint density at radius 1 is 0.714 bits per heavy atom. The Bertz CT molecular complexity index is 1420. The summed E-state index contributed by atoms with van der Waals surface area (Å²) in [6.45, 7) is 4.01. The van der Waals surface area contributed by atoms with Crippen molar-refractivity contribution < 1.29 is 8.42 Å². The Labute approximate surface area is 207 Å². The Hall–Kier alpha value is -3.98. The summed E-state index contributed by atoms with van der Waals surface area (Å²) in [4.78, 5) is 0.144. The Morgan fingerprint density at radius 2 is 1.17 bits per heavy atom. The molecule has 174 valence electrons. The first-order chi connectivity index (χ1) is 16.9. The van der Waals surface area contributed by atoms with Crippen LogP contribution in [0.4, 0.5) is 0 Å². The lowest BCUT2D eigenvalue weighted by Crippen LogP contribution is -2.30.